The molecule has 16 heavy (non-hydrogen) atoms. The summed E-state index contributed by atoms with van der Waals surface area (Å²) in [5.74, 6) is 0.293. The quantitative estimate of drug-likeness (QED) is 0.682. The van der Waals surface area contributed by atoms with Crippen molar-refractivity contribution in [2.24, 2.45) is 5.92 Å². The van der Waals surface area contributed by atoms with Gasteiger partial charge >= 0.3 is 0 Å². The number of carbonyl (C=O) groups is 1. The summed E-state index contributed by atoms with van der Waals surface area (Å²) in [6, 6.07) is 0. The van der Waals surface area contributed by atoms with Crippen molar-refractivity contribution in [2.45, 2.75) is 31.9 Å². The highest BCUT2D eigenvalue weighted by molar-refractivity contribution is 5.75. The van der Waals surface area contributed by atoms with Crippen molar-refractivity contribution in [3.05, 3.63) is 6.33 Å². The van der Waals surface area contributed by atoms with Crippen LogP contribution in [0.5, 0.6) is 0 Å². The number of rotatable bonds is 4. The zero-order valence-corrected chi connectivity index (χ0v) is 8.91. The minimum Gasteiger partial charge on any atom is -0.393 e. The van der Waals surface area contributed by atoms with Gasteiger partial charge in [-0.15, -0.1) is 5.10 Å². The van der Waals surface area contributed by atoms with E-state index < -0.39 is 0 Å². The highest BCUT2D eigenvalue weighted by atomic mass is 16.3. The molecule has 1 heterocycles. The Kier molecular flexibility index (Phi) is 3.45. The van der Waals surface area contributed by atoms with Crippen LogP contribution in [0.1, 0.15) is 19.3 Å². The molecule has 0 radical (unpaired) electrons. The molecule has 1 aliphatic carbocycles. The van der Waals surface area contributed by atoms with Crippen LogP contribution in [-0.4, -0.2) is 43.9 Å². The fraction of sp³-hybridized carbons (Fsp3) is 0.778. The molecule has 88 valence electrons. The van der Waals surface area contributed by atoms with Crippen molar-refractivity contribution >= 4 is 5.91 Å². The number of hydrogen-bond donors (Lipinski definition) is 2. The summed E-state index contributed by atoms with van der Waals surface area (Å²) in [6.07, 6.45) is 3.81. The van der Waals surface area contributed by atoms with E-state index in [1.165, 1.54) is 11.0 Å². The van der Waals surface area contributed by atoms with E-state index in [4.69, 9.17) is 0 Å². The van der Waals surface area contributed by atoms with Crippen LogP contribution >= 0.6 is 0 Å². The molecule has 0 saturated heterocycles. The Bertz CT molecular complexity index is 340. The number of nitrogens with one attached hydrogen (secondary N) is 1. The monoisotopic (exact) mass is 225 g/mol. The maximum atomic E-state index is 11.5. The van der Waals surface area contributed by atoms with Crippen LogP contribution < -0.4 is 5.32 Å². The molecule has 7 nitrogen and oxygen atoms in total. The molecular weight excluding hydrogens is 210 g/mol. The van der Waals surface area contributed by atoms with Gasteiger partial charge in [0.05, 0.1) is 6.10 Å². The number of tetrazole rings is 1. The van der Waals surface area contributed by atoms with E-state index in [0.29, 0.717) is 12.5 Å². The Morgan fingerprint density at radius 1 is 1.56 bits per heavy atom. The lowest BCUT2D eigenvalue weighted by atomic mass is 10.1. The molecular formula is C9H15N5O2. The Labute approximate surface area is 92.8 Å². The van der Waals surface area contributed by atoms with Crippen molar-refractivity contribution in [3.8, 4) is 0 Å². The molecule has 1 amide bonds. The molecule has 0 bridgehead atoms. The van der Waals surface area contributed by atoms with E-state index >= 15 is 0 Å². The van der Waals surface area contributed by atoms with Crippen molar-refractivity contribution in [2.75, 3.05) is 6.54 Å². The molecule has 2 unspecified atom stereocenters. The van der Waals surface area contributed by atoms with Crippen LogP contribution in [-0.2, 0) is 11.3 Å². The summed E-state index contributed by atoms with van der Waals surface area (Å²) in [5, 5.41) is 22.6. The van der Waals surface area contributed by atoms with Crippen LogP contribution in [0.3, 0.4) is 0 Å². The highest BCUT2D eigenvalue weighted by Gasteiger charge is 2.22. The molecule has 1 aromatic rings. The van der Waals surface area contributed by atoms with E-state index in [-0.39, 0.29) is 18.6 Å². The van der Waals surface area contributed by atoms with Crippen LogP contribution in [0.15, 0.2) is 6.33 Å². The summed E-state index contributed by atoms with van der Waals surface area (Å²) in [4.78, 5) is 11.5. The summed E-state index contributed by atoms with van der Waals surface area (Å²) in [6.45, 7) is 0.764. The van der Waals surface area contributed by atoms with E-state index in [9.17, 15) is 9.90 Å². The molecule has 1 fully saturated rings. The predicted molar refractivity (Wildman–Crippen MR) is 54.2 cm³/mol. The van der Waals surface area contributed by atoms with Gasteiger partial charge in [0.2, 0.25) is 5.91 Å². The van der Waals surface area contributed by atoms with Crippen molar-refractivity contribution in [1.82, 2.24) is 25.5 Å². The van der Waals surface area contributed by atoms with Crippen LogP contribution in [0.4, 0.5) is 0 Å². The normalized spacial score (nSPS) is 24.6. The van der Waals surface area contributed by atoms with Gasteiger partial charge < -0.3 is 10.4 Å². The number of aromatic nitrogens is 4. The largest absolute Gasteiger partial charge is 0.393 e. The van der Waals surface area contributed by atoms with Crippen molar-refractivity contribution in [1.29, 1.82) is 0 Å². The minimum absolute atomic E-state index is 0.103. The first-order chi connectivity index (χ1) is 7.74. The summed E-state index contributed by atoms with van der Waals surface area (Å²) >= 11 is 0. The third kappa shape index (κ3) is 2.99. The fourth-order valence-corrected chi connectivity index (χ4v) is 1.95. The first kappa shape index (κ1) is 11.0. The van der Waals surface area contributed by atoms with Gasteiger partial charge in [0, 0.05) is 6.54 Å². The van der Waals surface area contributed by atoms with Gasteiger partial charge in [0.25, 0.3) is 0 Å². The second-order valence-electron chi connectivity index (χ2n) is 4.14. The maximum absolute atomic E-state index is 11.5. The zero-order chi connectivity index (χ0) is 11.4. The van der Waals surface area contributed by atoms with Gasteiger partial charge in [-0.1, -0.05) is 0 Å². The molecule has 0 aromatic carbocycles. The standard InChI is InChI=1S/C9H15N5O2/c15-8-2-1-7(3-8)4-10-9(16)5-14-6-11-12-13-14/h6-8,15H,1-5H2,(H,10,16). The lowest BCUT2D eigenvalue weighted by Crippen LogP contribution is -2.31. The smallest absolute Gasteiger partial charge is 0.241 e. The second-order valence-corrected chi connectivity index (χ2v) is 4.14. The average Bonchev–Trinajstić information content (AvgIpc) is 2.87. The molecule has 2 atom stereocenters. The third-order valence-electron chi connectivity index (χ3n) is 2.80. The van der Waals surface area contributed by atoms with Crippen molar-refractivity contribution < 1.29 is 9.90 Å². The molecule has 7 heteroatoms. The lowest BCUT2D eigenvalue weighted by Gasteiger charge is -2.10. The van der Waals surface area contributed by atoms with Crippen LogP contribution in [0, 0.1) is 5.92 Å². The van der Waals surface area contributed by atoms with Gasteiger partial charge in [0.1, 0.15) is 12.9 Å². The Morgan fingerprint density at radius 3 is 3.06 bits per heavy atom. The van der Waals surface area contributed by atoms with Gasteiger partial charge in [-0.2, -0.15) is 0 Å². The fourth-order valence-electron chi connectivity index (χ4n) is 1.95. The molecule has 1 aliphatic rings. The predicted octanol–water partition coefficient (Wildman–Crippen LogP) is -1.05. The summed E-state index contributed by atoms with van der Waals surface area (Å²) in [5.41, 5.74) is 0. The first-order valence-electron chi connectivity index (χ1n) is 5.39. The van der Waals surface area contributed by atoms with Gasteiger partial charge in [-0.25, -0.2) is 4.68 Å². The minimum atomic E-state index is -0.193. The maximum Gasteiger partial charge on any atom is 0.241 e. The molecule has 1 saturated carbocycles. The molecule has 2 N–H and O–H groups in total. The number of aliphatic hydroxyl groups is 1. The Balaban J connectivity index is 1.68. The molecule has 0 spiro atoms. The van der Waals surface area contributed by atoms with Gasteiger partial charge in [-0.05, 0) is 35.6 Å². The van der Waals surface area contributed by atoms with Gasteiger partial charge in [0.15, 0.2) is 0 Å². The van der Waals surface area contributed by atoms with Crippen molar-refractivity contribution in [3.63, 3.8) is 0 Å². The SMILES string of the molecule is O=C(Cn1cnnn1)NCC1CCC(O)C1. The summed E-state index contributed by atoms with van der Waals surface area (Å²) in [7, 11) is 0. The number of aliphatic hydroxyl groups excluding tert-OH is 1. The first-order valence-corrected chi connectivity index (χ1v) is 5.39. The van der Waals surface area contributed by atoms with Gasteiger partial charge in [-0.3, -0.25) is 4.79 Å². The lowest BCUT2D eigenvalue weighted by molar-refractivity contribution is -0.122. The number of amides is 1. The average molecular weight is 225 g/mol. The van der Waals surface area contributed by atoms with E-state index in [1.54, 1.807) is 0 Å². The summed E-state index contributed by atoms with van der Waals surface area (Å²) < 4.78 is 1.37. The zero-order valence-electron chi connectivity index (χ0n) is 8.91. The van der Waals surface area contributed by atoms with Crippen LogP contribution in [0.2, 0.25) is 0 Å². The number of hydrogen-bond acceptors (Lipinski definition) is 5. The number of carbonyl (C=O) groups excluding carboxylic acids is 1. The Morgan fingerprint density at radius 2 is 2.44 bits per heavy atom. The topological polar surface area (TPSA) is 92.9 Å². The number of nitrogens with zero attached hydrogens (tertiary/aromatic N) is 4. The van der Waals surface area contributed by atoms with E-state index in [0.717, 1.165) is 19.3 Å². The second kappa shape index (κ2) is 5.02. The molecule has 1 aromatic heterocycles. The van der Waals surface area contributed by atoms with E-state index in [1.807, 2.05) is 0 Å². The Hall–Kier alpha value is -1.50. The molecule has 2 rings (SSSR count). The highest BCUT2D eigenvalue weighted by Crippen LogP contribution is 2.24. The van der Waals surface area contributed by atoms with Crippen LogP contribution in [0.25, 0.3) is 0 Å². The molecule has 0 aliphatic heterocycles. The third-order valence-corrected chi connectivity index (χ3v) is 2.80. The van der Waals surface area contributed by atoms with E-state index in [2.05, 4.69) is 20.8 Å².